The molecule has 1 saturated carbocycles. The Balaban J connectivity index is 1.68. The average molecular weight is 301 g/mol. The van der Waals surface area contributed by atoms with Crippen molar-refractivity contribution in [3.63, 3.8) is 0 Å². The van der Waals surface area contributed by atoms with Crippen LogP contribution in [0.4, 0.5) is 5.69 Å². The molecule has 0 radical (unpaired) electrons. The predicted octanol–water partition coefficient (Wildman–Crippen LogP) is 4.38. The van der Waals surface area contributed by atoms with Gasteiger partial charge in [-0.1, -0.05) is 25.0 Å². The number of benzene rings is 1. The van der Waals surface area contributed by atoms with Crippen molar-refractivity contribution in [3.8, 4) is 0 Å². The number of thioether (sulfide) groups is 1. The van der Waals surface area contributed by atoms with Crippen molar-refractivity contribution in [2.75, 3.05) is 5.32 Å². The number of nitrogens with one attached hydrogen (secondary N) is 1. The normalized spacial score (nSPS) is 15.5. The van der Waals surface area contributed by atoms with E-state index in [4.69, 9.17) is 0 Å². The molecular formula is C17H23N3S. The largest absolute Gasteiger partial charge is 0.380 e. The molecule has 1 aliphatic rings. The maximum atomic E-state index is 4.31. The van der Waals surface area contributed by atoms with Crippen LogP contribution in [0.25, 0.3) is 0 Å². The van der Waals surface area contributed by atoms with Gasteiger partial charge in [0, 0.05) is 40.7 Å². The number of anilines is 1. The number of nitrogens with zero attached hydrogens (tertiary/aromatic N) is 2. The van der Waals surface area contributed by atoms with Crippen LogP contribution in [-0.4, -0.2) is 15.0 Å². The fourth-order valence-electron chi connectivity index (χ4n) is 2.81. The molecule has 0 aliphatic heterocycles. The zero-order valence-corrected chi connectivity index (χ0v) is 13.6. The third-order valence-corrected chi connectivity index (χ3v) is 5.70. The Bertz CT molecular complexity index is 600. The van der Waals surface area contributed by atoms with Gasteiger partial charge in [-0.25, -0.2) is 0 Å². The van der Waals surface area contributed by atoms with Crippen LogP contribution in [-0.2, 0) is 13.6 Å². The number of para-hydroxylation sites is 1. The Morgan fingerprint density at radius 2 is 2.05 bits per heavy atom. The van der Waals surface area contributed by atoms with E-state index in [9.17, 15) is 0 Å². The zero-order chi connectivity index (χ0) is 14.7. The lowest BCUT2D eigenvalue weighted by Crippen LogP contribution is -2.03. The molecule has 0 unspecified atom stereocenters. The Morgan fingerprint density at radius 1 is 1.29 bits per heavy atom. The second-order valence-electron chi connectivity index (χ2n) is 5.75. The molecule has 1 aromatic heterocycles. The maximum absolute atomic E-state index is 4.31. The van der Waals surface area contributed by atoms with Gasteiger partial charge >= 0.3 is 0 Å². The van der Waals surface area contributed by atoms with E-state index < -0.39 is 0 Å². The summed E-state index contributed by atoms with van der Waals surface area (Å²) < 4.78 is 1.93. The number of hydrogen-bond donors (Lipinski definition) is 1. The summed E-state index contributed by atoms with van der Waals surface area (Å²) in [6.45, 7) is 2.95. The number of hydrogen-bond acceptors (Lipinski definition) is 3. The van der Waals surface area contributed by atoms with Gasteiger partial charge in [-0.3, -0.25) is 4.68 Å². The van der Waals surface area contributed by atoms with Crippen LogP contribution in [0.5, 0.6) is 0 Å². The van der Waals surface area contributed by atoms with Gasteiger partial charge in [0.1, 0.15) is 0 Å². The molecule has 4 heteroatoms. The van der Waals surface area contributed by atoms with Gasteiger partial charge < -0.3 is 5.32 Å². The van der Waals surface area contributed by atoms with Gasteiger partial charge in [-0.2, -0.15) is 5.10 Å². The van der Waals surface area contributed by atoms with Gasteiger partial charge in [0.25, 0.3) is 0 Å². The first-order valence-electron chi connectivity index (χ1n) is 7.71. The molecule has 1 aromatic carbocycles. The van der Waals surface area contributed by atoms with E-state index in [0.717, 1.165) is 11.8 Å². The van der Waals surface area contributed by atoms with Crippen LogP contribution < -0.4 is 5.32 Å². The third-order valence-electron chi connectivity index (χ3n) is 4.29. The second-order valence-corrected chi connectivity index (χ2v) is 7.10. The molecule has 3 nitrogen and oxygen atoms in total. The molecule has 0 saturated heterocycles. The van der Waals surface area contributed by atoms with E-state index in [-0.39, 0.29) is 0 Å². The molecule has 112 valence electrons. The lowest BCUT2D eigenvalue weighted by atomic mass is 10.2. The standard InChI is InChI=1S/C17H23N3S/c1-13-14(12-19-20(13)2)11-18-16-9-5-6-10-17(16)21-15-7-3-4-8-15/h5-6,9-10,12,15,18H,3-4,7-8,11H2,1-2H3. The predicted molar refractivity (Wildman–Crippen MR) is 89.8 cm³/mol. The van der Waals surface area contributed by atoms with Gasteiger partial charge in [-0.15, -0.1) is 11.8 Å². The number of aromatic nitrogens is 2. The second kappa shape index (κ2) is 6.56. The minimum Gasteiger partial charge on any atom is -0.380 e. The molecule has 3 rings (SSSR count). The lowest BCUT2D eigenvalue weighted by molar-refractivity contribution is 0.738. The third kappa shape index (κ3) is 3.43. The van der Waals surface area contributed by atoms with E-state index in [1.54, 1.807) is 0 Å². The van der Waals surface area contributed by atoms with Crippen molar-refractivity contribution in [2.24, 2.45) is 7.05 Å². The minimum atomic E-state index is 0.799. The summed E-state index contributed by atoms with van der Waals surface area (Å²) in [7, 11) is 1.99. The van der Waals surface area contributed by atoms with Crippen molar-refractivity contribution in [3.05, 3.63) is 41.7 Å². The maximum Gasteiger partial charge on any atom is 0.0542 e. The molecule has 1 N–H and O–H groups in total. The highest BCUT2D eigenvalue weighted by molar-refractivity contribution is 8.00. The molecule has 0 spiro atoms. The molecule has 0 bridgehead atoms. The fourth-order valence-corrected chi connectivity index (χ4v) is 4.16. The van der Waals surface area contributed by atoms with Gasteiger partial charge in [0.15, 0.2) is 0 Å². The Hall–Kier alpha value is -1.42. The van der Waals surface area contributed by atoms with Crippen molar-refractivity contribution in [2.45, 2.75) is 49.3 Å². The van der Waals surface area contributed by atoms with E-state index in [2.05, 4.69) is 41.6 Å². The Labute approximate surface area is 131 Å². The molecule has 1 aliphatic carbocycles. The average Bonchev–Trinajstić information content (AvgIpc) is 3.11. The van der Waals surface area contributed by atoms with E-state index in [1.165, 1.54) is 47.5 Å². The van der Waals surface area contributed by atoms with Crippen LogP contribution in [0.2, 0.25) is 0 Å². The highest BCUT2D eigenvalue weighted by atomic mass is 32.2. The molecular weight excluding hydrogens is 278 g/mol. The summed E-state index contributed by atoms with van der Waals surface area (Å²) >= 11 is 2.04. The summed E-state index contributed by atoms with van der Waals surface area (Å²) in [5.41, 5.74) is 3.74. The summed E-state index contributed by atoms with van der Waals surface area (Å²) in [6.07, 6.45) is 7.46. The Kier molecular flexibility index (Phi) is 4.54. The molecule has 1 heterocycles. The van der Waals surface area contributed by atoms with E-state index in [0.29, 0.717) is 0 Å². The summed E-state index contributed by atoms with van der Waals surface area (Å²) in [6, 6.07) is 8.67. The van der Waals surface area contributed by atoms with Crippen molar-refractivity contribution >= 4 is 17.4 Å². The van der Waals surface area contributed by atoms with E-state index in [1.807, 2.05) is 29.7 Å². The van der Waals surface area contributed by atoms with Crippen molar-refractivity contribution < 1.29 is 0 Å². The smallest absolute Gasteiger partial charge is 0.0542 e. The molecule has 2 aromatic rings. The van der Waals surface area contributed by atoms with Gasteiger partial charge in [-0.05, 0) is 31.9 Å². The summed E-state index contributed by atoms with van der Waals surface area (Å²) in [4.78, 5) is 1.38. The molecule has 0 amide bonds. The van der Waals surface area contributed by atoms with Gasteiger partial charge in [0.05, 0.1) is 6.20 Å². The van der Waals surface area contributed by atoms with Gasteiger partial charge in [0.2, 0.25) is 0 Å². The first-order chi connectivity index (χ1) is 10.2. The number of aryl methyl sites for hydroxylation is 1. The quantitative estimate of drug-likeness (QED) is 0.889. The molecule has 1 fully saturated rings. The van der Waals surface area contributed by atoms with Crippen molar-refractivity contribution in [1.82, 2.24) is 9.78 Å². The topological polar surface area (TPSA) is 29.9 Å². The summed E-state index contributed by atoms with van der Waals surface area (Å²) in [5, 5.41) is 8.69. The van der Waals surface area contributed by atoms with Crippen LogP contribution in [0.15, 0.2) is 35.4 Å². The van der Waals surface area contributed by atoms with E-state index >= 15 is 0 Å². The first kappa shape index (κ1) is 14.5. The Morgan fingerprint density at radius 3 is 2.76 bits per heavy atom. The fraction of sp³-hybridized carbons (Fsp3) is 0.471. The summed E-state index contributed by atoms with van der Waals surface area (Å²) in [5.74, 6) is 0. The van der Waals surface area contributed by atoms with Crippen molar-refractivity contribution in [1.29, 1.82) is 0 Å². The first-order valence-corrected chi connectivity index (χ1v) is 8.59. The van der Waals surface area contributed by atoms with Crippen LogP contribution in [0, 0.1) is 6.92 Å². The van der Waals surface area contributed by atoms with Crippen LogP contribution in [0.3, 0.4) is 0 Å². The highest BCUT2D eigenvalue weighted by Gasteiger charge is 2.17. The lowest BCUT2D eigenvalue weighted by Gasteiger charge is -2.14. The van der Waals surface area contributed by atoms with Crippen LogP contribution >= 0.6 is 11.8 Å². The monoisotopic (exact) mass is 301 g/mol. The highest BCUT2D eigenvalue weighted by Crippen LogP contribution is 2.38. The minimum absolute atomic E-state index is 0.799. The molecule has 0 atom stereocenters. The molecule has 21 heavy (non-hydrogen) atoms. The number of rotatable bonds is 5. The zero-order valence-electron chi connectivity index (χ0n) is 12.8. The van der Waals surface area contributed by atoms with Crippen LogP contribution in [0.1, 0.15) is 36.9 Å². The SMILES string of the molecule is Cc1c(CNc2ccccc2SC2CCCC2)cnn1C.